The molecule has 3 aromatic rings. The largest absolute Gasteiger partial charge is 0.354 e. The quantitative estimate of drug-likeness (QED) is 0.658. The van der Waals surface area contributed by atoms with E-state index in [1.54, 1.807) is 29.3 Å². The fourth-order valence-corrected chi connectivity index (χ4v) is 3.65. The summed E-state index contributed by atoms with van der Waals surface area (Å²) in [5.41, 5.74) is 1.15. The summed E-state index contributed by atoms with van der Waals surface area (Å²) < 4.78 is 1.69. The summed E-state index contributed by atoms with van der Waals surface area (Å²) in [5, 5.41) is 16.2. The van der Waals surface area contributed by atoms with Gasteiger partial charge in [0, 0.05) is 25.8 Å². The van der Waals surface area contributed by atoms with Crippen molar-refractivity contribution < 1.29 is 4.79 Å². The Labute approximate surface area is 168 Å². The van der Waals surface area contributed by atoms with Crippen LogP contribution in [0.15, 0.2) is 61.3 Å². The van der Waals surface area contributed by atoms with Crippen LogP contribution in [0.25, 0.3) is 0 Å². The number of aromatic nitrogens is 4. The average molecular weight is 387 g/mol. The van der Waals surface area contributed by atoms with Crippen molar-refractivity contribution in [2.75, 3.05) is 24.5 Å². The Morgan fingerprint density at radius 2 is 2.07 bits per heavy atom. The van der Waals surface area contributed by atoms with Crippen molar-refractivity contribution in [1.82, 2.24) is 25.1 Å². The number of nitrogens with zero attached hydrogens (tertiary/aromatic N) is 6. The van der Waals surface area contributed by atoms with Crippen LogP contribution in [0.5, 0.6) is 0 Å². The molecule has 8 nitrogen and oxygen atoms in total. The Morgan fingerprint density at radius 3 is 2.79 bits per heavy atom. The molecule has 0 saturated carbocycles. The number of rotatable bonds is 7. The zero-order valence-electron chi connectivity index (χ0n) is 15.9. The minimum atomic E-state index is -0.534. The summed E-state index contributed by atoms with van der Waals surface area (Å²) in [7, 11) is 0. The lowest BCUT2D eigenvalue weighted by atomic mass is 9.73. The van der Waals surface area contributed by atoms with Crippen molar-refractivity contribution >= 4 is 11.7 Å². The number of carbonyl (C=O) groups excluding carboxylic acids is 1. The second-order valence-corrected chi connectivity index (χ2v) is 7.23. The molecule has 1 N–H and O–H groups in total. The molecule has 0 atom stereocenters. The zero-order chi connectivity index (χ0) is 20.1. The second-order valence-electron chi connectivity index (χ2n) is 7.23. The van der Waals surface area contributed by atoms with Gasteiger partial charge in [-0.05, 0) is 24.1 Å². The van der Waals surface area contributed by atoms with E-state index >= 15 is 0 Å². The molecule has 8 heteroatoms. The Balaban J connectivity index is 1.46. The van der Waals surface area contributed by atoms with Crippen LogP contribution in [0.1, 0.15) is 11.1 Å². The summed E-state index contributed by atoms with van der Waals surface area (Å²) in [6.07, 6.45) is 5.39. The Hall–Kier alpha value is -3.73. The molecule has 3 heterocycles. The topological polar surface area (TPSA) is 99.7 Å². The SMILES string of the molecule is N#Cc1ccnc(N2CC(Cc3ccccc3)(C(=O)NCCn3cncn3)C2)c1. The van der Waals surface area contributed by atoms with E-state index in [0.29, 0.717) is 38.2 Å². The van der Waals surface area contributed by atoms with Gasteiger partial charge in [0.1, 0.15) is 18.5 Å². The predicted octanol–water partition coefficient (Wildman–Crippen LogP) is 1.41. The normalized spacial score (nSPS) is 14.7. The highest BCUT2D eigenvalue weighted by Gasteiger charge is 2.49. The van der Waals surface area contributed by atoms with Gasteiger partial charge in [-0.3, -0.25) is 9.48 Å². The van der Waals surface area contributed by atoms with Crippen LogP contribution in [0.2, 0.25) is 0 Å². The number of nitrogens with one attached hydrogen (secondary N) is 1. The van der Waals surface area contributed by atoms with Crippen LogP contribution in [0.3, 0.4) is 0 Å². The third-order valence-electron chi connectivity index (χ3n) is 5.15. The molecule has 4 rings (SSSR count). The van der Waals surface area contributed by atoms with Crippen LogP contribution < -0.4 is 10.2 Å². The van der Waals surface area contributed by atoms with Crippen LogP contribution in [-0.4, -0.2) is 45.3 Å². The number of nitriles is 1. The van der Waals surface area contributed by atoms with Crippen LogP contribution in [-0.2, 0) is 17.8 Å². The minimum absolute atomic E-state index is 0.0224. The summed E-state index contributed by atoms with van der Waals surface area (Å²) >= 11 is 0. The number of benzene rings is 1. The Morgan fingerprint density at radius 1 is 1.24 bits per heavy atom. The summed E-state index contributed by atoms with van der Waals surface area (Å²) in [5.74, 6) is 0.748. The molecular formula is C21H21N7O. The Kier molecular flexibility index (Phi) is 5.20. The van der Waals surface area contributed by atoms with Crippen LogP contribution >= 0.6 is 0 Å². The van der Waals surface area contributed by atoms with Gasteiger partial charge >= 0.3 is 0 Å². The van der Waals surface area contributed by atoms with E-state index in [1.165, 1.54) is 6.33 Å². The molecule has 29 heavy (non-hydrogen) atoms. The second kappa shape index (κ2) is 8.10. The molecule has 1 aliphatic rings. The first kappa shape index (κ1) is 18.6. The first-order valence-electron chi connectivity index (χ1n) is 9.44. The number of hydrogen-bond donors (Lipinski definition) is 1. The van der Waals surface area contributed by atoms with Crippen molar-refractivity contribution in [3.05, 3.63) is 72.4 Å². The zero-order valence-corrected chi connectivity index (χ0v) is 15.9. The van der Waals surface area contributed by atoms with Gasteiger partial charge in [0.05, 0.1) is 23.6 Å². The lowest BCUT2D eigenvalue weighted by molar-refractivity contribution is -0.132. The fraction of sp³-hybridized carbons (Fsp3) is 0.286. The maximum atomic E-state index is 13.1. The van der Waals surface area contributed by atoms with E-state index in [4.69, 9.17) is 5.26 Å². The Bertz CT molecular complexity index is 1010. The van der Waals surface area contributed by atoms with Gasteiger partial charge in [-0.15, -0.1) is 0 Å². The molecule has 0 unspecified atom stereocenters. The van der Waals surface area contributed by atoms with Crippen molar-refractivity contribution in [1.29, 1.82) is 5.26 Å². The third kappa shape index (κ3) is 4.09. The number of carbonyl (C=O) groups is 1. The van der Waals surface area contributed by atoms with Gasteiger partial charge in [0.2, 0.25) is 5.91 Å². The van der Waals surface area contributed by atoms with E-state index < -0.39 is 5.41 Å². The van der Waals surface area contributed by atoms with Crippen molar-refractivity contribution in [3.63, 3.8) is 0 Å². The molecule has 0 bridgehead atoms. The first-order chi connectivity index (χ1) is 14.2. The van der Waals surface area contributed by atoms with Crippen molar-refractivity contribution in [2.24, 2.45) is 5.41 Å². The maximum absolute atomic E-state index is 13.1. The maximum Gasteiger partial charge on any atom is 0.230 e. The molecule has 1 fully saturated rings. The van der Waals surface area contributed by atoms with E-state index in [-0.39, 0.29) is 5.91 Å². The van der Waals surface area contributed by atoms with Crippen molar-refractivity contribution in [2.45, 2.75) is 13.0 Å². The van der Waals surface area contributed by atoms with Crippen LogP contribution in [0, 0.1) is 16.7 Å². The van der Waals surface area contributed by atoms with Gasteiger partial charge in [0.25, 0.3) is 0 Å². The molecule has 1 aliphatic heterocycles. The van der Waals surface area contributed by atoms with E-state index in [2.05, 4.69) is 26.5 Å². The number of hydrogen-bond acceptors (Lipinski definition) is 6. The molecule has 0 spiro atoms. The first-order valence-corrected chi connectivity index (χ1v) is 9.44. The van der Waals surface area contributed by atoms with Gasteiger partial charge in [-0.2, -0.15) is 10.4 Å². The molecule has 0 aliphatic carbocycles. The van der Waals surface area contributed by atoms with E-state index in [1.807, 2.05) is 35.2 Å². The summed E-state index contributed by atoms with van der Waals surface area (Å²) in [6, 6.07) is 15.6. The molecule has 146 valence electrons. The lowest BCUT2D eigenvalue weighted by Gasteiger charge is -2.49. The van der Waals surface area contributed by atoms with Crippen LogP contribution in [0.4, 0.5) is 5.82 Å². The highest BCUT2D eigenvalue weighted by molar-refractivity contribution is 5.86. The number of amides is 1. The van der Waals surface area contributed by atoms with E-state index in [9.17, 15) is 4.79 Å². The summed E-state index contributed by atoms with van der Waals surface area (Å²) in [6.45, 7) is 2.17. The van der Waals surface area contributed by atoms with Gasteiger partial charge in [-0.25, -0.2) is 9.97 Å². The standard InChI is InChI=1S/C21H21N7O/c22-12-18-6-7-24-19(10-18)27-13-21(14-27,11-17-4-2-1-3-5-17)20(29)25-8-9-28-16-23-15-26-28/h1-7,10,15-16H,8-9,11,13-14H2,(H,25,29). The van der Waals surface area contributed by atoms with E-state index in [0.717, 1.165) is 11.4 Å². The molecule has 1 aromatic carbocycles. The molecular weight excluding hydrogens is 366 g/mol. The average Bonchev–Trinajstić information content (AvgIpc) is 3.24. The molecule has 1 saturated heterocycles. The highest BCUT2D eigenvalue weighted by atomic mass is 16.2. The fourth-order valence-electron chi connectivity index (χ4n) is 3.65. The van der Waals surface area contributed by atoms with Crippen molar-refractivity contribution in [3.8, 4) is 6.07 Å². The molecule has 0 radical (unpaired) electrons. The lowest BCUT2D eigenvalue weighted by Crippen LogP contribution is -2.65. The van der Waals surface area contributed by atoms with Gasteiger partial charge in [0.15, 0.2) is 0 Å². The number of anilines is 1. The minimum Gasteiger partial charge on any atom is -0.354 e. The summed E-state index contributed by atoms with van der Waals surface area (Å²) in [4.78, 5) is 23.4. The third-order valence-corrected chi connectivity index (χ3v) is 5.15. The monoisotopic (exact) mass is 387 g/mol. The van der Waals surface area contributed by atoms with Gasteiger partial charge < -0.3 is 10.2 Å². The smallest absolute Gasteiger partial charge is 0.230 e. The number of pyridine rings is 1. The predicted molar refractivity (Wildman–Crippen MR) is 107 cm³/mol. The highest BCUT2D eigenvalue weighted by Crippen LogP contribution is 2.37. The molecule has 1 amide bonds. The van der Waals surface area contributed by atoms with Gasteiger partial charge in [-0.1, -0.05) is 30.3 Å². The molecule has 2 aromatic heterocycles.